The Kier molecular flexibility index (Phi) is 4.80. The number of primary amides is 1. The molecule has 0 saturated heterocycles. The first-order valence-corrected chi connectivity index (χ1v) is 7.58. The molecule has 0 radical (unpaired) electrons. The average molecular weight is 333 g/mol. The molecular weight excluding hydrogens is 318 g/mol. The molecule has 6 heteroatoms. The maximum absolute atomic E-state index is 12.0. The highest BCUT2D eigenvalue weighted by Gasteiger charge is 2.21. The van der Waals surface area contributed by atoms with E-state index in [1.54, 1.807) is 36.5 Å². The number of hydrogen-bond donors (Lipinski definition) is 1. The van der Waals surface area contributed by atoms with Crippen molar-refractivity contribution in [1.29, 1.82) is 0 Å². The van der Waals surface area contributed by atoms with Crippen LogP contribution in [0.4, 0.5) is 0 Å². The monoisotopic (exact) mass is 333 g/mol. The molecule has 0 aliphatic heterocycles. The summed E-state index contributed by atoms with van der Waals surface area (Å²) >= 11 is 0. The van der Waals surface area contributed by atoms with E-state index in [-0.39, 0.29) is 0 Å². The molecule has 0 aliphatic carbocycles. The van der Waals surface area contributed by atoms with Gasteiger partial charge in [-0.05, 0) is 18.2 Å². The summed E-state index contributed by atoms with van der Waals surface area (Å²) in [4.78, 5) is 32.2. The number of carbonyl (C=O) groups is 2. The van der Waals surface area contributed by atoms with E-state index in [1.165, 1.54) is 12.2 Å². The molecule has 1 heterocycles. The Bertz CT molecular complexity index is 939. The zero-order valence-corrected chi connectivity index (χ0v) is 13.2. The Morgan fingerprint density at radius 3 is 2.40 bits per heavy atom. The van der Waals surface area contributed by atoms with Crippen molar-refractivity contribution < 1.29 is 14.3 Å². The molecule has 0 aliphatic rings. The van der Waals surface area contributed by atoms with Crippen LogP contribution in [0.2, 0.25) is 0 Å². The quantitative estimate of drug-likeness (QED) is 0.571. The van der Waals surface area contributed by atoms with Gasteiger partial charge >= 0.3 is 5.97 Å². The molecule has 2 N–H and O–H groups in total. The van der Waals surface area contributed by atoms with Gasteiger partial charge in [0.1, 0.15) is 0 Å². The summed E-state index contributed by atoms with van der Waals surface area (Å²) in [6.07, 6.45) is 3.08. The topological polar surface area (TPSA) is 95.2 Å². The van der Waals surface area contributed by atoms with Crippen molar-refractivity contribution in [2.75, 3.05) is 0 Å². The molecule has 0 saturated carbocycles. The van der Waals surface area contributed by atoms with Crippen molar-refractivity contribution in [3.05, 3.63) is 78.1 Å². The van der Waals surface area contributed by atoms with Gasteiger partial charge in [-0.15, -0.1) is 0 Å². The molecule has 1 unspecified atom stereocenters. The van der Waals surface area contributed by atoms with Crippen LogP contribution in [0.5, 0.6) is 0 Å². The summed E-state index contributed by atoms with van der Waals surface area (Å²) in [5.41, 5.74) is 7.83. The second-order valence-electron chi connectivity index (χ2n) is 5.25. The Hall–Kier alpha value is -3.54. The van der Waals surface area contributed by atoms with Crippen LogP contribution in [-0.4, -0.2) is 21.8 Å². The smallest absolute Gasteiger partial charge is 0.331 e. The van der Waals surface area contributed by atoms with Crippen molar-refractivity contribution in [1.82, 2.24) is 9.97 Å². The SMILES string of the molecule is NC(=O)C(OC(=O)/C=C/c1cnc2ccccc2n1)c1ccccc1. The van der Waals surface area contributed by atoms with E-state index in [0.29, 0.717) is 11.3 Å². The van der Waals surface area contributed by atoms with Crippen molar-refractivity contribution in [3.8, 4) is 0 Å². The Morgan fingerprint density at radius 1 is 1.00 bits per heavy atom. The van der Waals surface area contributed by atoms with Gasteiger partial charge in [0.05, 0.1) is 22.9 Å². The highest BCUT2D eigenvalue weighted by atomic mass is 16.5. The number of amides is 1. The van der Waals surface area contributed by atoms with Gasteiger partial charge < -0.3 is 10.5 Å². The van der Waals surface area contributed by atoms with Crippen LogP contribution in [-0.2, 0) is 14.3 Å². The molecule has 0 bridgehead atoms. The minimum atomic E-state index is -1.14. The lowest BCUT2D eigenvalue weighted by atomic mass is 10.1. The first-order chi connectivity index (χ1) is 12.1. The predicted octanol–water partition coefficient (Wildman–Crippen LogP) is 2.41. The van der Waals surface area contributed by atoms with Gasteiger partial charge in [0, 0.05) is 11.6 Å². The maximum atomic E-state index is 12.0. The van der Waals surface area contributed by atoms with Gasteiger partial charge in [0.25, 0.3) is 5.91 Å². The second kappa shape index (κ2) is 7.35. The fraction of sp³-hybridized carbons (Fsp3) is 0.0526. The molecule has 3 aromatic rings. The lowest BCUT2D eigenvalue weighted by Crippen LogP contribution is -2.25. The van der Waals surface area contributed by atoms with Crippen molar-refractivity contribution >= 4 is 29.0 Å². The normalized spacial score (nSPS) is 12.2. The number of ether oxygens (including phenoxy) is 1. The number of esters is 1. The fourth-order valence-corrected chi connectivity index (χ4v) is 2.28. The highest BCUT2D eigenvalue weighted by molar-refractivity contribution is 5.90. The summed E-state index contributed by atoms with van der Waals surface area (Å²) in [6, 6.07) is 16.0. The zero-order valence-electron chi connectivity index (χ0n) is 13.2. The van der Waals surface area contributed by atoms with E-state index in [9.17, 15) is 9.59 Å². The summed E-state index contributed by atoms with van der Waals surface area (Å²) in [7, 11) is 0. The number of fused-ring (bicyclic) bond motifs is 1. The molecule has 124 valence electrons. The molecule has 0 fully saturated rings. The van der Waals surface area contributed by atoms with E-state index in [1.807, 2.05) is 24.3 Å². The second-order valence-corrected chi connectivity index (χ2v) is 5.25. The molecular formula is C19H15N3O3. The van der Waals surface area contributed by atoms with E-state index in [4.69, 9.17) is 10.5 Å². The van der Waals surface area contributed by atoms with Crippen molar-refractivity contribution in [2.24, 2.45) is 5.73 Å². The van der Waals surface area contributed by atoms with Gasteiger partial charge in [-0.2, -0.15) is 0 Å². The first-order valence-electron chi connectivity index (χ1n) is 7.58. The van der Waals surface area contributed by atoms with Crippen LogP contribution in [0.25, 0.3) is 17.1 Å². The summed E-state index contributed by atoms with van der Waals surface area (Å²) in [6.45, 7) is 0. The predicted molar refractivity (Wildman–Crippen MR) is 93.0 cm³/mol. The summed E-state index contributed by atoms with van der Waals surface area (Å²) < 4.78 is 5.16. The standard InChI is InChI=1S/C19H15N3O3/c20-19(24)18(13-6-2-1-3-7-13)25-17(23)11-10-14-12-21-15-8-4-5-9-16(15)22-14/h1-12,18H,(H2,20,24)/b11-10+. The van der Waals surface area contributed by atoms with Crippen LogP contribution < -0.4 is 5.73 Å². The van der Waals surface area contributed by atoms with E-state index >= 15 is 0 Å². The van der Waals surface area contributed by atoms with Crippen LogP contribution in [0, 0.1) is 0 Å². The van der Waals surface area contributed by atoms with Crippen LogP contribution in [0.3, 0.4) is 0 Å². The van der Waals surface area contributed by atoms with E-state index in [0.717, 1.165) is 11.0 Å². The van der Waals surface area contributed by atoms with Gasteiger partial charge in [-0.25, -0.2) is 9.78 Å². The van der Waals surface area contributed by atoms with Gasteiger partial charge in [0.2, 0.25) is 6.10 Å². The Labute approximate surface area is 144 Å². The van der Waals surface area contributed by atoms with E-state index < -0.39 is 18.0 Å². The fourth-order valence-electron chi connectivity index (χ4n) is 2.28. The first kappa shape index (κ1) is 16.3. The molecule has 1 aromatic heterocycles. The van der Waals surface area contributed by atoms with Crippen molar-refractivity contribution in [3.63, 3.8) is 0 Å². The molecule has 6 nitrogen and oxygen atoms in total. The zero-order chi connectivity index (χ0) is 17.6. The van der Waals surface area contributed by atoms with Crippen LogP contribution in [0.1, 0.15) is 17.4 Å². The van der Waals surface area contributed by atoms with Crippen molar-refractivity contribution in [2.45, 2.75) is 6.10 Å². The molecule has 3 rings (SSSR count). The number of benzene rings is 2. The molecule has 1 amide bonds. The number of rotatable bonds is 5. The van der Waals surface area contributed by atoms with Gasteiger partial charge in [0.15, 0.2) is 0 Å². The third-order valence-electron chi connectivity index (χ3n) is 3.45. The largest absolute Gasteiger partial charge is 0.444 e. The third kappa shape index (κ3) is 4.06. The lowest BCUT2D eigenvalue weighted by Gasteiger charge is -2.13. The number of hydrogen-bond acceptors (Lipinski definition) is 5. The molecule has 0 spiro atoms. The average Bonchev–Trinajstić information content (AvgIpc) is 2.64. The number of aromatic nitrogens is 2. The van der Waals surface area contributed by atoms with E-state index in [2.05, 4.69) is 9.97 Å². The third-order valence-corrected chi connectivity index (χ3v) is 3.45. The number of para-hydroxylation sites is 2. The van der Waals surface area contributed by atoms with Crippen LogP contribution >= 0.6 is 0 Å². The number of nitrogens with two attached hydrogens (primary N) is 1. The van der Waals surface area contributed by atoms with Crippen LogP contribution in [0.15, 0.2) is 66.9 Å². The number of nitrogens with zero attached hydrogens (tertiary/aromatic N) is 2. The molecule has 2 aromatic carbocycles. The van der Waals surface area contributed by atoms with Gasteiger partial charge in [-0.3, -0.25) is 9.78 Å². The molecule has 1 atom stereocenters. The lowest BCUT2D eigenvalue weighted by molar-refractivity contribution is -0.150. The summed E-state index contributed by atoms with van der Waals surface area (Å²) in [5, 5.41) is 0. The minimum absolute atomic E-state index is 0.506. The Morgan fingerprint density at radius 2 is 1.68 bits per heavy atom. The Balaban J connectivity index is 1.73. The number of carbonyl (C=O) groups excluding carboxylic acids is 2. The minimum Gasteiger partial charge on any atom is -0.444 e. The van der Waals surface area contributed by atoms with Gasteiger partial charge in [-0.1, -0.05) is 42.5 Å². The summed E-state index contributed by atoms with van der Waals surface area (Å²) in [5.74, 6) is -1.43. The molecule has 25 heavy (non-hydrogen) atoms. The highest BCUT2D eigenvalue weighted by Crippen LogP contribution is 2.17. The maximum Gasteiger partial charge on any atom is 0.331 e.